The van der Waals surface area contributed by atoms with Crippen molar-refractivity contribution in [1.82, 2.24) is 0 Å². The molecule has 0 aromatic rings. The Morgan fingerprint density at radius 1 is 0.688 bits per heavy atom. The number of allylic oxidation sites excluding steroid dienone is 1. The Morgan fingerprint density at radius 3 is 1.19 bits per heavy atom. The molecular formula is C16H32. The van der Waals surface area contributed by atoms with Gasteiger partial charge in [-0.25, -0.2) is 0 Å². The summed E-state index contributed by atoms with van der Waals surface area (Å²) in [6, 6.07) is 0. The highest BCUT2D eigenvalue weighted by Crippen LogP contribution is 2.60. The third kappa shape index (κ3) is 2.08. The van der Waals surface area contributed by atoms with E-state index >= 15 is 0 Å². The van der Waals surface area contributed by atoms with E-state index in [9.17, 15) is 0 Å². The molecule has 0 aromatic heterocycles. The van der Waals surface area contributed by atoms with Crippen LogP contribution in [0.5, 0.6) is 0 Å². The Hall–Kier alpha value is -0.260. The van der Waals surface area contributed by atoms with E-state index in [1.807, 2.05) is 0 Å². The average molecular weight is 224 g/mol. The molecule has 0 saturated heterocycles. The van der Waals surface area contributed by atoms with Crippen LogP contribution in [0.4, 0.5) is 0 Å². The van der Waals surface area contributed by atoms with E-state index < -0.39 is 0 Å². The van der Waals surface area contributed by atoms with Crippen LogP contribution < -0.4 is 0 Å². The molecule has 0 aliphatic rings. The summed E-state index contributed by atoms with van der Waals surface area (Å²) in [4.78, 5) is 0. The largest absolute Gasteiger partial charge is 0.0996 e. The maximum absolute atomic E-state index is 4.19. The van der Waals surface area contributed by atoms with Gasteiger partial charge in [0, 0.05) is 0 Å². The first-order valence-corrected chi connectivity index (χ1v) is 6.35. The van der Waals surface area contributed by atoms with Crippen molar-refractivity contribution in [2.24, 2.45) is 21.7 Å². The van der Waals surface area contributed by atoms with Crippen LogP contribution in [0.3, 0.4) is 0 Å². The minimum atomic E-state index is 0.143. The van der Waals surface area contributed by atoms with Crippen molar-refractivity contribution in [2.75, 3.05) is 0 Å². The summed E-state index contributed by atoms with van der Waals surface area (Å²) in [5.74, 6) is 0. The minimum Gasteiger partial charge on any atom is -0.0996 e. The summed E-state index contributed by atoms with van der Waals surface area (Å²) in [5, 5.41) is 0. The maximum atomic E-state index is 4.19. The fourth-order valence-corrected chi connectivity index (χ4v) is 2.25. The Balaban J connectivity index is 5.62. The van der Waals surface area contributed by atoms with Crippen molar-refractivity contribution in [2.45, 2.75) is 69.2 Å². The van der Waals surface area contributed by atoms with Crippen LogP contribution in [-0.2, 0) is 0 Å². The summed E-state index contributed by atoms with van der Waals surface area (Å²) in [5.41, 5.74) is 2.13. The second-order valence-electron chi connectivity index (χ2n) is 7.91. The first-order valence-electron chi connectivity index (χ1n) is 6.35. The number of hydrogen-bond donors (Lipinski definition) is 0. The van der Waals surface area contributed by atoms with Crippen molar-refractivity contribution < 1.29 is 0 Å². The second kappa shape index (κ2) is 3.89. The highest BCUT2D eigenvalue weighted by atomic mass is 14.6. The quantitative estimate of drug-likeness (QED) is 0.540. The second-order valence-corrected chi connectivity index (χ2v) is 7.91. The zero-order valence-corrected chi connectivity index (χ0v) is 13.2. The lowest BCUT2D eigenvalue weighted by molar-refractivity contribution is -0.0713. The van der Waals surface area contributed by atoms with Gasteiger partial charge >= 0.3 is 0 Å². The van der Waals surface area contributed by atoms with Crippen molar-refractivity contribution in [3.63, 3.8) is 0 Å². The highest BCUT2D eigenvalue weighted by molar-refractivity contribution is 5.14. The van der Waals surface area contributed by atoms with Crippen LogP contribution in [-0.4, -0.2) is 0 Å². The van der Waals surface area contributed by atoms with Crippen molar-refractivity contribution in [3.8, 4) is 0 Å². The molecule has 0 heteroatoms. The molecule has 16 heavy (non-hydrogen) atoms. The van der Waals surface area contributed by atoms with E-state index in [4.69, 9.17) is 0 Å². The molecule has 0 unspecified atom stereocenters. The van der Waals surface area contributed by atoms with Gasteiger partial charge in [-0.05, 0) is 28.6 Å². The van der Waals surface area contributed by atoms with Gasteiger partial charge in [0.25, 0.3) is 0 Å². The summed E-state index contributed by atoms with van der Waals surface area (Å²) in [6.45, 7) is 27.5. The van der Waals surface area contributed by atoms with E-state index in [0.717, 1.165) is 0 Å². The topological polar surface area (TPSA) is 0 Å². The summed E-state index contributed by atoms with van der Waals surface area (Å²) in [7, 11) is 0. The normalized spacial score (nSPS) is 15.1. The zero-order chi connectivity index (χ0) is 13.6. The molecule has 0 rings (SSSR count). The van der Waals surface area contributed by atoms with Gasteiger partial charge in [0.05, 0.1) is 0 Å². The van der Waals surface area contributed by atoms with E-state index in [1.54, 1.807) is 0 Å². The van der Waals surface area contributed by atoms with E-state index in [0.29, 0.717) is 0 Å². The van der Waals surface area contributed by atoms with Gasteiger partial charge in [-0.15, -0.1) is 0 Å². The van der Waals surface area contributed by atoms with Gasteiger partial charge in [-0.2, -0.15) is 0 Å². The third-order valence-electron chi connectivity index (χ3n) is 6.07. The van der Waals surface area contributed by atoms with Gasteiger partial charge in [-0.1, -0.05) is 74.5 Å². The molecule has 0 nitrogen and oxygen atoms in total. The first kappa shape index (κ1) is 15.7. The summed E-state index contributed by atoms with van der Waals surface area (Å²) in [6.07, 6.45) is 0. The van der Waals surface area contributed by atoms with Crippen LogP contribution >= 0.6 is 0 Å². The van der Waals surface area contributed by atoms with Crippen LogP contribution in [0.2, 0.25) is 0 Å². The van der Waals surface area contributed by atoms with Crippen molar-refractivity contribution in [1.29, 1.82) is 0 Å². The van der Waals surface area contributed by atoms with Crippen LogP contribution in [0.1, 0.15) is 69.2 Å². The summed E-state index contributed by atoms with van der Waals surface area (Å²) < 4.78 is 0. The maximum Gasteiger partial charge on any atom is -0.00937 e. The van der Waals surface area contributed by atoms with Gasteiger partial charge in [0.2, 0.25) is 0 Å². The third-order valence-corrected chi connectivity index (χ3v) is 6.07. The highest BCUT2D eigenvalue weighted by Gasteiger charge is 2.52. The smallest absolute Gasteiger partial charge is 0.00937 e. The molecule has 0 amide bonds. The Kier molecular flexibility index (Phi) is 3.83. The molecule has 0 bridgehead atoms. The van der Waals surface area contributed by atoms with Crippen LogP contribution in [0, 0.1) is 21.7 Å². The molecule has 0 fully saturated rings. The molecule has 0 aliphatic carbocycles. The standard InChI is InChI=1S/C16H32/c1-12(2)14(6,7)16(10,11)15(8,9)13(3,4)5/h1H2,2-11H3. The minimum absolute atomic E-state index is 0.143. The van der Waals surface area contributed by atoms with Crippen LogP contribution in [0.15, 0.2) is 12.2 Å². The fraction of sp³-hybridized carbons (Fsp3) is 0.875. The van der Waals surface area contributed by atoms with E-state index in [2.05, 4.69) is 75.8 Å². The Labute approximate surface area is 104 Å². The fourth-order valence-electron chi connectivity index (χ4n) is 2.25. The Bertz CT molecular complexity index is 269. The van der Waals surface area contributed by atoms with Gasteiger partial charge in [0.1, 0.15) is 0 Å². The van der Waals surface area contributed by atoms with E-state index in [-0.39, 0.29) is 21.7 Å². The predicted molar refractivity (Wildman–Crippen MR) is 75.6 cm³/mol. The van der Waals surface area contributed by atoms with E-state index in [1.165, 1.54) is 5.57 Å². The molecule has 0 radical (unpaired) electrons. The lowest BCUT2D eigenvalue weighted by Gasteiger charge is -2.58. The monoisotopic (exact) mass is 224 g/mol. The van der Waals surface area contributed by atoms with Crippen LogP contribution in [0.25, 0.3) is 0 Å². The molecule has 0 saturated carbocycles. The zero-order valence-electron chi connectivity index (χ0n) is 13.2. The van der Waals surface area contributed by atoms with Crippen molar-refractivity contribution >= 4 is 0 Å². The summed E-state index contributed by atoms with van der Waals surface area (Å²) >= 11 is 0. The number of hydrogen-bond acceptors (Lipinski definition) is 0. The molecule has 0 heterocycles. The Morgan fingerprint density at radius 2 is 1.00 bits per heavy atom. The van der Waals surface area contributed by atoms with Gasteiger partial charge < -0.3 is 0 Å². The van der Waals surface area contributed by atoms with Gasteiger partial charge in [0.15, 0.2) is 0 Å². The van der Waals surface area contributed by atoms with Crippen molar-refractivity contribution in [3.05, 3.63) is 12.2 Å². The number of rotatable bonds is 3. The molecular weight excluding hydrogens is 192 g/mol. The molecule has 0 atom stereocenters. The lowest BCUT2D eigenvalue weighted by Crippen LogP contribution is -2.51. The molecule has 0 aromatic carbocycles. The molecule has 0 N–H and O–H groups in total. The molecule has 0 aliphatic heterocycles. The van der Waals surface area contributed by atoms with Gasteiger partial charge in [-0.3, -0.25) is 0 Å². The average Bonchev–Trinajstić information content (AvgIpc) is 2.00. The molecule has 0 spiro atoms. The molecule has 96 valence electrons. The lowest BCUT2D eigenvalue weighted by atomic mass is 9.46. The first-order chi connectivity index (χ1) is 6.69. The SMILES string of the molecule is C=C(C)C(C)(C)C(C)(C)C(C)(C)C(C)(C)C. The predicted octanol–water partition coefficient (Wildman–Crippen LogP) is 5.69.